The first-order valence-corrected chi connectivity index (χ1v) is 29.2. The van der Waals surface area contributed by atoms with Crippen LogP contribution in [0.25, 0.3) is 22.3 Å². The Hall–Kier alpha value is -7.36. The van der Waals surface area contributed by atoms with Crippen LogP contribution in [-0.4, -0.2) is 7.28 Å². The predicted octanol–water partition coefficient (Wildman–Crippen LogP) is 19.9. The van der Waals surface area contributed by atoms with E-state index in [1.54, 1.807) is 0 Å². The molecular formula is C76H79BN2. The Labute approximate surface area is 473 Å². The summed E-state index contributed by atoms with van der Waals surface area (Å²) in [5.74, 6) is 0.286. The molecule has 0 saturated heterocycles. The molecule has 2 bridgehead atoms. The van der Waals surface area contributed by atoms with Gasteiger partial charge in [-0.2, -0.15) is 0 Å². The van der Waals surface area contributed by atoms with Crippen molar-refractivity contribution < 1.29 is 0 Å². The Morgan fingerprint density at radius 2 is 0.899 bits per heavy atom. The van der Waals surface area contributed by atoms with E-state index in [0.717, 1.165) is 20.1 Å². The van der Waals surface area contributed by atoms with E-state index >= 15 is 0 Å². The van der Waals surface area contributed by atoms with E-state index < -0.39 is 0 Å². The van der Waals surface area contributed by atoms with Crippen LogP contribution >= 0.6 is 0 Å². The largest absolute Gasteiger partial charge is 0.311 e. The second kappa shape index (κ2) is 19.2. The maximum absolute atomic E-state index is 2.77. The third kappa shape index (κ3) is 8.97. The Morgan fingerprint density at radius 1 is 0.430 bits per heavy atom. The Balaban J connectivity index is 1.23. The molecule has 0 fully saturated rings. The molecule has 9 aromatic rings. The Morgan fingerprint density at radius 3 is 1.44 bits per heavy atom. The summed E-state index contributed by atoms with van der Waals surface area (Å²) >= 11 is 0. The van der Waals surface area contributed by atoms with Gasteiger partial charge >= 0.3 is 0 Å². The molecule has 0 aromatic heterocycles. The zero-order valence-corrected chi connectivity index (χ0v) is 49.2. The quantitative estimate of drug-likeness (QED) is 0.133. The Bertz CT molecular complexity index is 3750. The molecule has 2 heterocycles. The molecule has 9 aromatic carbocycles. The van der Waals surface area contributed by atoms with Crippen LogP contribution in [0.3, 0.4) is 0 Å². The van der Waals surface area contributed by atoms with Crippen molar-refractivity contribution in [3.05, 3.63) is 256 Å². The van der Waals surface area contributed by atoms with E-state index in [0.29, 0.717) is 0 Å². The van der Waals surface area contributed by atoms with E-state index in [-0.39, 0.29) is 38.8 Å². The fourth-order valence-corrected chi connectivity index (χ4v) is 13.7. The number of fused-ring (bicyclic) bond motifs is 6. The zero-order chi connectivity index (χ0) is 55.4. The van der Waals surface area contributed by atoms with Gasteiger partial charge in [-0.25, -0.2) is 0 Å². The van der Waals surface area contributed by atoms with Gasteiger partial charge in [-0.15, -0.1) is 0 Å². The number of hydrogen-bond donors (Lipinski definition) is 0. The van der Waals surface area contributed by atoms with Gasteiger partial charge < -0.3 is 9.80 Å². The molecule has 3 aliphatic rings. The third-order valence-electron chi connectivity index (χ3n) is 19.0. The molecule has 12 rings (SSSR count). The summed E-state index contributed by atoms with van der Waals surface area (Å²) in [6.45, 7) is 31.4. The molecule has 396 valence electrons. The molecule has 1 atom stereocenters. The summed E-state index contributed by atoms with van der Waals surface area (Å²) in [6, 6.07) is 77.3. The minimum Gasteiger partial charge on any atom is -0.311 e. The van der Waals surface area contributed by atoms with Crippen molar-refractivity contribution in [3.63, 3.8) is 0 Å². The average molecular weight is 1030 g/mol. The maximum atomic E-state index is 2.77. The van der Waals surface area contributed by atoms with Crippen molar-refractivity contribution in [2.75, 3.05) is 9.80 Å². The van der Waals surface area contributed by atoms with E-state index in [4.69, 9.17) is 0 Å². The molecule has 0 radical (unpaired) electrons. The highest BCUT2D eigenvalue weighted by atomic mass is 15.2. The third-order valence-corrected chi connectivity index (χ3v) is 19.0. The minimum absolute atomic E-state index is 0.00408. The summed E-state index contributed by atoms with van der Waals surface area (Å²) < 4.78 is 0. The molecule has 1 aliphatic carbocycles. The van der Waals surface area contributed by atoms with Crippen LogP contribution in [0.4, 0.5) is 34.1 Å². The van der Waals surface area contributed by atoms with Gasteiger partial charge in [0, 0.05) is 44.8 Å². The average Bonchev–Trinajstić information content (AvgIpc) is 3.96. The van der Waals surface area contributed by atoms with Gasteiger partial charge in [-0.05, 0) is 167 Å². The molecule has 0 amide bonds. The van der Waals surface area contributed by atoms with Crippen molar-refractivity contribution in [1.29, 1.82) is 0 Å². The van der Waals surface area contributed by atoms with Crippen molar-refractivity contribution in [1.82, 2.24) is 0 Å². The van der Waals surface area contributed by atoms with Gasteiger partial charge in [0.05, 0.1) is 5.69 Å². The summed E-state index contributed by atoms with van der Waals surface area (Å²) in [7, 11) is 0.847. The standard InChI is InChI=1S/C76H79BN2/c1-49(2)52-42-68-71-69(43-52)79(66-47-58(50-26-18-14-19-27-50)62(72(3,4)5)45-59(66)51-28-20-15-21-29-51)67-48-64-63(73(6,7)40-41-74(64,8)9)46-61(67)70(77-71)60-44-56(76(12,13)54-32-24-17-25-33-54)36-39-65(60)78(68)57-37-34-55(35-38-57)75(10,11)53-30-22-16-23-31-53/h14-39,42-49,70,77H,40-41H2,1-13H3. The van der Waals surface area contributed by atoms with Crippen LogP contribution in [0.1, 0.15) is 170 Å². The predicted molar refractivity (Wildman–Crippen MR) is 341 cm³/mol. The summed E-state index contributed by atoms with van der Waals surface area (Å²) in [5, 5.41) is 0. The topological polar surface area (TPSA) is 6.48 Å². The van der Waals surface area contributed by atoms with Crippen molar-refractivity contribution in [2.45, 2.75) is 142 Å². The first-order chi connectivity index (χ1) is 37.6. The molecule has 3 heteroatoms. The van der Waals surface area contributed by atoms with Gasteiger partial charge in [0.2, 0.25) is 0 Å². The zero-order valence-electron chi connectivity index (χ0n) is 49.2. The maximum Gasteiger partial charge on any atom is 0.176 e. The van der Waals surface area contributed by atoms with Gasteiger partial charge in [0.25, 0.3) is 0 Å². The molecule has 0 N–H and O–H groups in total. The van der Waals surface area contributed by atoms with Crippen LogP contribution in [0, 0.1) is 0 Å². The minimum atomic E-state index is -0.254. The van der Waals surface area contributed by atoms with Gasteiger partial charge in [0.15, 0.2) is 7.28 Å². The van der Waals surface area contributed by atoms with E-state index in [9.17, 15) is 0 Å². The molecule has 0 saturated carbocycles. The number of anilines is 6. The SMILES string of the molecule is CC(C)c1cc2c3c(c1)N(c1cc(-c4ccccc4)c(C(C)(C)C)cc1-c1ccccc1)c1cc4c(cc1C(B3)c1cc(C(C)(C)c3ccccc3)ccc1N2c1ccc(C(C)(C)c2ccccc2)cc1)C(C)(C)CCC4(C)C. The van der Waals surface area contributed by atoms with Gasteiger partial charge in [-0.3, -0.25) is 0 Å². The fraction of sp³-hybridized carbons (Fsp3) is 0.289. The highest BCUT2D eigenvalue weighted by molar-refractivity contribution is 6.61. The first-order valence-electron chi connectivity index (χ1n) is 29.2. The number of benzene rings is 9. The normalized spacial score (nSPS) is 16.3. The van der Waals surface area contributed by atoms with Gasteiger partial charge in [0.1, 0.15) is 0 Å². The lowest BCUT2D eigenvalue weighted by molar-refractivity contribution is 0.331. The fourth-order valence-electron chi connectivity index (χ4n) is 13.7. The van der Waals surface area contributed by atoms with Crippen LogP contribution in [0.5, 0.6) is 0 Å². The number of rotatable bonds is 9. The lowest BCUT2D eigenvalue weighted by Gasteiger charge is -2.44. The van der Waals surface area contributed by atoms with E-state index in [2.05, 4.69) is 300 Å². The highest BCUT2D eigenvalue weighted by Crippen LogP contribution is 2.57. The molecular weight excluding hydrogens is 952 g/mol. The Kier molecular flexibility index (Phi) is 12.7. The summed E-state index contributed by atoms with van der Waals surface area (Å²) in [5.41, 5.74) is 26.8. The highest BCUT2D eigenvalue weighted by Gasteiger charge is 2.44. The molecule has 2 nitrogen and oxygen atoms in total. The van der Waals surface area contributed by atoms with Crippen LogP contribution < -0.4 is 15.3 Å². The van der Waals surface area contributed by atoms with Crippen LogP contribution in [-0.2, 0) is 27.1 Å². The monoisotopic (exact) mass is 1030 g/mol. The number of hydrogen-bond acceptors (Lipinski definition) is 2. The second-order valence-corrected chi connectivity index (χ2v) is 27.0. The second-order valence-electron chi connectivity index (χ2n) is 27.0. The van der Waals surface area contributed by atoms with E-state index in [1.807, 2.05) is 0 Å². The van der Waals surface area contributed by atoms with Crippen LogP contribution in [0.2, 0.25) is 0 Å². The lowest BCUT2D eigenvalue weighted by Crippen LogP contribution is -2.34. The smallest absolute Gasteiger partial charge is 0.176 e. The first kappa shape index (κ1) is 52.3. The van der Waals surface area contributed by atoms with Crippen molar-refractivity contribution in [3.8, 4) is 22.3 Å². The molecule has 1 unspecified atom stereocenters. The van der Waals surface area contributed by atoms with Crippen molar-refractivity contribution >= 4 is 46.9 Å². The molecule has 0 spiro atoms. The molecule has 79 heavy (non-hydrogen) atoms. The van der Waals surface area contributed by atoms with Gasteiger partial charge in [-0.1, -0.05) is 242 Å². The number of nitrogens with zero attached hydrogens (tertiary/aromatic N) is 2. The van der Waals surface area contributed by atoms with E-state index in [1.165, 1.54) is 117 Å². The molecule has 2 aliphatic heterocycles. The summed E-state index contributed by atoms with van der Waals surface area (Å²) in [6.07, 6.45) is 2.28. The van der Waals surface area contributed by atoms with Crippen LogP contribution in [0.15, 0.2) is 200 Å². The summed E-state index contributed by atoms with van der Waals surface area (Å²) in [4.78, 5) is 5.43. The lowest BCUT2D eigenvalue weighted by atomic mass is 9.53. The van der Waals surface area contributed by atoms with Crippen molar-refractivity contribution in [2.24, 2.45) is 0 Å².